The standard InChI is InChI=1S/C14H23NO2/c1-5-14(4,9-16)8-15-12-6-11(3)13(17)7-10(12)2/h6-7,15-17H,5,8-9H2,1-4H3. The minimum Gasteiger partial charge on any atom is -0.508 e. The van der Waals surface area contributed by atoms with Crippen LogP contribution in [0.4, 0.5) is 5.69 Å². The number of phenolic OH excluding ortho intramolecular Hbond substituents is 1. The number of aliphatic hydroxyl groups is 1. The van der Waals surface area contributed by atoms with E-state index in [2.05, 4.69) is 19.2 Å². The lowest BCUT2D eigenvalue weighted by Crippen LogP contribution is -2.29. The fourth-order valence-corrected chi connectivity index (χ4v) is 1.59. The fourth-order valence-electron chi connectivity index (χ4n) is 1.59. The average molecular weight is 237 g/mol. The van der Waals surface area contributed by atoms with Gasteiger partial charge in [0.25, 0.3) is 0 Å². The first kappa shape index (κ1) is 13.8. The van der Waals surface area contributed by atoms with Gasteiger partial charge >= 0.3 is 0 Å². The Hall–Kier alpha value is -1.22. The van der Waals surface area contributed by atoms with Crippen LogP contribution in [-0.2, 0) is 0 Å². The maximum absolute atomic E-state index is 9.58. The topological polar surface area (TPSA) is 52.5 Å². The van der Waals surface area contributed by atoms with Crippen LogP contribution in [0.3, 0.4) is 0 Å². The summed E-state index contributed by atoms with van der Waals surface area (Å²) in [6.07, 6.45) is 0.923. The Morgan fingerprint density at radius 1 is 1.24 bits per heavy atom. The molecule has 0 saturated carbocycles. The molecular weight excluding hydrogens is 214 g/mol. The summed E-state index contributed by atoms with van der Waals surface area (Å²) < 4.78 is 0. The van der Waals surface area contributed by atoms with Crippen molar-refractivity contribution in [1.82, 2.24) is 0 Å². The summed E-state index contributed by atoms with van der Waals surface area (Å²) in [6, 6.07) is 3.71. The Morgan fingerprint density at radius 2 is 1.88 bits per heavy atom. The molecule has 3 nitrogen and oxygen atoms in total. The van der Waals surface area contributed by atoms with Crippen LogP contribution >= 0.6 is 0 Å². The molecule has 3 N–H and O–H groups in total. The number of aromatic hydroxyl groups is 1. The number of hydrogen-bond acceptors (Lipinski definition) is 3. The molecule has 96 valence electrons. The maximum atomic E-state index is 9.58. The van der Waals surface area contributed by atoms with E-state index in [4.69, 9.17) is 0 Å². The number of rotatable bonds is 5. The molecule has 0 aliphatic heterocycles. The third kappa shape index (κ3) is 3.37. The molecule has 17 heavy (non-hydrogen) atoms. The molecule has 1 atom stereocenters. The van der Waals surface area contributed by atoms with Gasteiger partial charge in [-0.25, -0.2) is 0 Å². The van der Waals surface area contributed by atoms with E-state index in [0.29, 0.717) is 5.75 Å². The monoisotopic (exact) mass is 237 g/mol. The lowest BCUT2D eigenvalue weighted by atomic mass is 9.88. The summed E-state index contributed by atoms with van der Waals surface area (Å²) in [5, 5.41) is 22.3. The third-order valence-corrected chi connectivity index (χ3v) is 3.48. The molecule has 0 aliphatic carbocycles. The van der Waals surface area contributed by atoms with Crippen LogP contribution in [0.15, 0.2) is 12.1 Å². The zero-order valence-electron chi connectivity index (χ0n) is 11.2. The van der Waals surface area contributed by atoms with Crippen molar-refractivity contribution < 1.29 is 10.2 Å². The highest BCUT2D eigenvalue weighted by Gasteiger charge is 2.20. The van der Waals surface area contributed by atoms with Gasteiger partial charge < -0.3 is 15.5 Å². The Kier molecular flexibility index (Phi) is 4.40. The average Bonchev–Trinajstić information content (AvgIpc) is 2.32. The van der Waals surface area contributed by atoms with Crippen LogP contribution in [0, 0.1) is 19.3 Å². The molecule has 0 heterocycles. The molecule has 0 spiro atoms. The van der Waals surface area contributed by atoms with E-state index in [9.17, 15) is 10.2 Å². The van der Waals surface area contributed by atoms with E-state index in [1.165, 1.54) is 0 Å². The lowest BCUT2D eigenvalue weighted by Gasteiger charge is -2.27. The van der Waals surface area contributed by atoms with Crippen molar-refractivity contribution >= 4 is 5.69 Å². The second kappa shape index (κ2) is 5.41. The number of anilines is 1. The molecular formula is C14H23NO2. The number of benzene rings is 1. The van der Waals surface area contributed by atoms with Crippen molar-refractivity contribution in [2.45, 2.75) is 34.1 Å². The zero-order valence-corrected chi connectivity index (χ0v) is 11.2. The van der Waals surface area contributed by atoms with E-state index in [0.717, 1.165) is 29.8 Å². The predicted molar refractivity (Wildman–Crippen MR) is 71.6 cm³/mol. The highest BCUT2D eigenvalue weighted by atomic mass is 16.3. The summed E-state index contributed by atoms with van der Waals surface area (Å²) in [7, 11) is 0. The minimum atomic E-state index is -0.0990. The van der Waals surface area contributed by atoms with Crippen LogP contribution in [0.25, 0.3) is 0 Å². The number of nitrogens with one attached hydrogen (secondary N) is 1. The molecule has 1 aromatic carbocycles. The Balaban J connectivity index is 2.79. The van der Waals surface area contributed by atoms with Crippen molar-refractivity contribution in [3.63, 3.8) is 0 Å². The normalized spacial score (nSPS) is 14.4. The lowest BCUT2D eigenvalue weighted by molar-refractivity contribution is 0.149. The minimum absolute atomic E-state index is 0.0990. The Bertz CT molecular complexity index is 384. The largest absolute Gasteiger partial charge is 0.508 e. The molecule has 0 radical (unpaired) electrons. The van der Waals surface area contributed by atoms with Gasteiger partial charge in [0, 0.05) is 17.6 Å². The van der Waals surface area contributed by atoms with Crippen LogP contribution < -0.4 is 5.32 Å². The van der Waals surface area contributed by atoms with Crippen molar-refractivity contribution in [3.05, 3.63) is 23.3 Å². The van der Waals surface area contributed by atoms with Crippen molar-refractivity contribution in [1.29, 1.82) is 0 Å². The summed E-state index contributed by atoms with van der Waals surface area (Å²) in [5.41, 5.74) is 2.80. The van der Waals surface area contributed by atoms with E-state index in [-0.39, 0.29) is 12.0 Å². The highest BCUT2D eigenvalue weighted by molar-refractivity contribution is 5.56. The first-order valence-corrected chi connectivity index (χ1v) is 6.07. The van der Waals surface area contributed by atoms with E-state index in [1.54, 1.807) is 6.07 Å². The van der Waals surface area contributed by atoms with Crippen LogP contribution in [0.5, 0.6) is 5.75 Å². The Labute approximate surface area is 103 Å². The smallest absolute Gasteiger partial charge is 0.118 e. The zero-order chi connectivity index (χ0) is 13.1. The molecule has 1 rings (SSSR count). The van der Waals surface area contributed by atoms with Crippen molar-refractivity contribution in [3.8, 4) is 5.75 Å². The highest BCUT2D eigenvalue weighted by Crippen LogP contribution is 2.27. The third-order valence-electron chi connectivity index (χ3n) is 3.48. The van der Waals surface area contributed by atoms with Gasteiger partial charge in [-0.2, -0.15) is 0 Å². The molecule has 0 saturated heterocycles. The first-order chi connectivity index (χ1) is 7.91. The van der Waals surface area contributed by atoms with Gasteiger partial charge in [0.1, 0.15) is 5.75 Å². The van der Waals surface area contributed by atoms with E-state index >= 15 is 0 Å². The van der Waals surface area contributed by atoms with Crippen LogP contribution in [0.1, 0.15) is 31.4 Å². The molecule has 1 aromatic rings. The van der Waals surface area contributed by atoms with Crippen LogP contribution in [0.2, 0.25) is 0 Å². The SMILES string of the molecule is CCC(C)(CO)CNc1cc(C)c(O)cc1C. The molecule has 0 aliphatic rings. The number of aliphatic hydroxyl groups excluding tert-OH is 1. The molecule has 0 aromatic heterocycles. The van der Waals surface area contributed by atoms with E-state index < -0.39 is 0 Å². The fraction of sp³-hybridized carbons (Fsp3) is 0.571. The Morgan fingerprint density at radius 3 is 2.41 bits per heavy atom. The molecule has 0 amide bonds. The number of aryl methyl sites for hydroxylation is 2. The van der Waals surface area contributed by atoms with Gasteiger partial charge in [-0.1, -0.05) is 13.8 Å². The van der Waals surface area contributed by atoms with Gasteiger partial charge in [0.05, 0.1) is 6.61 Å². The number of hydrogen-bond donors (Lipinski definition) is 3. The van der Waals surface area contributed by atoms with Gasteiger partial charge in [-0.15, -0.1) is 0 Å². The quantitative estimate of drug-likeness (QED) is 0.690. The molecule has 3 heteroatoms. The summed E-state index contributed by atoms with van der Waals surface area (Å²) >= 11 is 0. The van der Waals surface area contributed by atoms with Crippen molar-refractivity contribution in [2.75, 3.05) is 18.5 Å². The number of phenols is 1. The van der Waals surface area contributed by atoms with Crippen LogP contribution in [-0.4, -0.2) is 23.4 Å². The van der Waals surface area contributed by atoms with Gasteiger partial charge in [0.2, 0.25) is 0 Å². The maximum Gasteiger partial charge on any atom is 0.118 e. The van der Waals surface area contributed by atoms with Gasteiger partial charge in [-0.3, -0.25) is 0 Å². The second-order valence-corrected chi connectivity index (χ2v) is 5.13. The molecule has 1 unspecified atom stereocenters. The van der Waals surface area contributed by atoms with Gasteiger partial charge in [0.15, 0.2) is 0 Å². The molecule has 0 bridgehead atoms. The predicted octanol–water partition coefficient (Wildman–Crippen LogP) is 2.83. The second-order valence-electron chi connectivity index (χ2n) is 5.13. The summed E-state index contributed by atoms with van der Waals surface area (Å²) in [6.45, 7) is 8.88. The summed E-state index contributed by atoms with van der Waals surface area (Å²) in [4.78, 5) is 0. The van der Waals surface area contributed by atoms with Gasteiger partial charge in [-0.05, 0) is 43.5 Å². The first-order valence-electron chi connectivity index (χ1n) is 6.07. The summed E-state index contributed by atoms with van der Waals surface area (Å²) in [5.74, 6) is 0.327. The molecule has 0 fully saturated rings. The van der Waals surface area contributed by atoms with E-state index in [1.807, 2.05) is 19.9 Å². The van der Waals surface area contributed by atoms with Crippen molar-refractivity contribution in [2.24, 2.45) is 5.41 Å².